The van der Waals surface area contributed by atoms with Crippen molar-refractivity contribution in [3.8, 4) is 11.8 Å². The fraction of sp³-hybridized carbons (Fsp3) is 0.429. The number of nitrogens with one attached hydrogen (secondary N) is 1. The maximum atomic E-state index is 6.13. The largest absolute Gasteiger partial charge is 0.317 e. The Balaban J connectivity index is 2.55. The molecule has 1 N–H and O–H groups in total. The summed E-state index contributed by atoms with van der Waals surface area (Å²) in [6.45, 7) is 1.88. The molecule has 2 heteroatoms. The maximum absolute atomic E-state index is 6.13. The van der Waals surface area contributed by atoms with Crippen LogP contribution in [0.3, 0.4) is 0 Å². The van der Waals surface area contributed by atoms with Crippen molar-refractivity contribution in [2.45, 2.75) is 32.2 Å². The van der Waals surface area contributed by atoms with Crippen molar-refractivity contribution in [1.82, 2.24) is 5.32 Å². The van der Waals surface area contributed by atoms with Crippen molar-refractivity contribution in [3.05, 3.63) is 34.9 Å². The lowest BCUT2D eigenvalue weighted by molar-refractivity contribution is 0.528. The van der Waals surface area contributed by atoms with E-state index in [1.807, 2.05) is 32.2 Å². The molecule has 0 radical (unpaired) electrons. The van der Waals surface area contributed by atoms with E-state index in [9.17, 15) is 0 Å². The number of benzene rings is 1. The summed E-state index contributed by atoms with van der Waals surface area (Å²) in [7, 11) is 1.99. The predicted octanol–water partition coefficient (Wildman–Crippen LogP) is 3.27. The highest BCUT2D eigenvalue weighted by atomic mass is 35.5. The van der Waals surface area contributed by atoms with E-state index in [1.54, 1.807) is 0 Å². The first-order valence-electron chi connectivity index (χ1n) is 5.58. The number of hydrogen-bond acceptors (Lipinski definition) is 1. The van der Waals surface area contributed by atoms with Crippen molar-refractivity contribution < 1.29 is 0 Å². The lowest BCUT2D eigenvalue weighted by Gasteiger charge is -2.15. The Hall–Kier alpha value is -0.970. The van der Waals surface area contributed by atoms with Crippen molar-refractivity contribution in [2.75, 3.05) is 7.05 Å². The first kappa shape index (κ1) is 13.1. The third kappa shape index (κ3) is 4.26. The van der Waals surface area contributed by atoms with Crippen LogP contribution in [-0.4, -0.2) is 13.1 Å². The Kier molecular flexibility index (Phi) is 6.00. The third-order valence-electron chi connectivity index (χ3n) is 2.63. The van der Waals surface area contributed by atoms with Crippen LogP contribution in [0.5, 0.6) is 0 Å². The average Bonchev–Trinajstić information content (AvgIpc) is 2.30. The summed E-state index contributed by atoms with van der Waals surface area (Å²) < 4.78 is 0. The minimum Gasteiger partial charge on any atom is -0.317 e. The highest BCUT2D eigenvalue weighted by molar-refractivity contribution is 6.31. The molecule has 1 aromatic rings. The van der Waals surface area contributed by atoms with Gasteiger partial charge in [0.1, 0.15) is 0 Å². The summed E-state index contributed by atoms with van der Waals surface area (Å²) in [6, 6.07) is 8.46. The summed E-state index contributed by atoms with van der Waals surface area (Å²) in [5.41, 5.74) is 1.20. The summed E-state index contributed by atoms with van der Waals surface area (Å²) in [5, 5.41) is 4.16. The van der Waals surface area contributed by atoms with Crippen molar-refractivity contribution in [1.29, 1.82) is 0 Å². The standard InChI is InChI=1S/C14H18ClN/c1-3-4-5-9-13(16-2)11-12-8-6-7-10-14(12)15/h6-8,10,13,16H,5,9,11H2,1-2H3. The Morgan fingerprint density at radius 1 is 1.38 bits per heavy atom. The van der Waals surface area contributed by atoms with E-state index < -0.39 is 0 Å². The van der Waals surface area contributed by atoms with Crippen LogP contribution in [0.2, 0.25) is 5.02 Å². The number of halogens is 1. The average molecular weight is 236 g/mol. The van der Waals surface area contributed by atoms with Gasteiger partial charge in [-0.1, -0.05) is 29.8 Å². The van der Waals surface area contributed by atoms with E-state index in [0.29, 0.717) is 6.04 Å². The molecule has 1 unspecified atom stereocenters. The zero-order valence-electron chi connectivity index (χ0n) is 9.89. The molecule has 1 atom stereocenters. The van der Waals surface area contributed by atoms with E-state index in [1.165, 1.54) is 5.56 Å². The minimum absolute atomic E-state index is 0.445. The molecule has 0 heterocycles. The number of likely N-dealkylation sites (N-methyl/N-ethyl adjacent to an activating group) is 1. The van der Waals surface area contributed by atoms with Gasteiger partial charge in [0.15, 0.2) is 0 Å². The Bertz CT molecular complexity index is 376. The van der Waals surface area contributed by atoms with Gasteiger partial charge >= 0.3 is 0 Å². The van der Waals surface area contributed by atoms with Crippen LogP contribution in [0.1, 0.15) is 25.3 Å². The van der Waals surface area contributed by atoms with Gasteiger partial charge in [-0.3, -0.25) is 0 Å². The zero-order valence-corrected chi connectivity index (χ0v) is 10.6. The second-order valence-electron chi connectivity index (χ2n) is 3.75. The molecular weight excluding hydrogens is 218 g/mol. The van der Waals surface area contributed by atoms with E-state index in [0.717, 1.165) is 24.3 Å². The van der Waals surface area contributed by atoms with Crippen molar-refractivity contribution in [3.63, 3.8) is 0 Å². The number of hydrogen-bond donors (Lipinski definition) is 1. The maximum Gasteiger partial charge on any atom is 0.0438 e. The third-order valence-corrected chi connectivity index (χ3v) is 3.00. The van der Waals surface area contributed by atoms with Gasteiger partial charge in [0.25, 0.3) is 0 Å². The molecule has 0 amide bonds. The van der Waals surface area contributed by atoms with E-state index in [-0.39, 0.29) is 0 Å². The zero-order chi connectivity index (χ0) is 11.8. The summed E-state index contributed by atoms with van der Waals surface area (Å²) >= 11 is 6.13. The molecule has 16 heavy (non-hydrogen) atoms. The summed E-state index contributed by atoms with van der Waals surface area (Å²) in [5.74, 6) is 6.01. The van der Waals surface area contributed by atoms with Gasteiger partial charge in [-0.2, -0.15) is 0 Å². The van der Waals surface area contributed by atoms with Crippen LogP contribution in [-0.2, 0) is 6.42 Å². The summed E-state index contributed by atoms with van der Waals surface area (Å²) in [4.78, 5) is 0. The smallest absolute Gasteiger partial charge is 0.0438 e. The predicted molar refractivity (Wildman–Crippen MR) is 70.7 cm³/mol. The monoisotopic (exact) mass is 235 g/mol. The Morgan fingerprint density at radius 3 is 2.75 bits per heavy atom. The molecule has 0 bridgehead atoms. The fourth-order valence-corrected chi connectivity index (χ4v) is 1.86. The molecule has 0 saturated carbocycles. The van der Waals surface area contributed by atoms with Crippen LogP contribution in [0.4, 0.5) is 0 Å². The van der Waals surface area contributed by atoms with Gasteiger partial charge < -0.3 is 5.32 Å². The Labute approximate surface area is 103 Å². The highest BCUT2D eigenvalue weighted by Gasteiger charge is 2.08. The van der Waals surface area contributed by atoms with Gasteiger partial charge in [0, 0.05) is 17.5 Å². The molecule has 0 aliphatic carbocycles. The fourth-order valence-electron chi connectivity index (χ4n) is 1.65. The van der Waals surface area contributed by atoms with Crippen LogP contribution < -0.4 is 5.32 Å². The van der Waals surface area contributed by atoms with E-state index >= 15 is 0 Å². The van der Waals surface area contributed by atoms with Crippen molar-refractivity contribution in [2.24, 2.45) is 0 Å². The van der Waals surface area contributed by atoms with Gasteiger partial charge in [0.05, 0.1) is 0 Å². The highest BCUT2D eigenvalue weighted by Crippen LogP contribution is 2.17. The van der Waals surface area contributed by atoms with Crippen LogP contribution in [0.15, 0.2) is 24.3 Å². The molecule has 0 aliphatic heterocycles. The molecule has 1 nitrogen and oxygen atoms in total. The first-order valence-corrected chi connectivity index (χ1v) is 5.96. The Morgan fingerprint density at radius 2 is 2.12 bits per heavy atom. The van der Waals surface area contributed by atoms with E-state index in [4.69, 9.17) is 11.6 Å². The quantitative estimate of drug-likeness (QED) is 0.773. The van der Waals surface area contributed by atoms with E-state index in [2.05, 4.69) is 23.2 Å². The molecule has 0 aromatic heterocycles. The molecule has 0 aliphatic rings. The summed E-state index contributed by atoms with van der Waals surface area (Å²) in [6.07, 6.45) is 2.95. The molecule has 0 fully saturated rings. The molecule has 1 rings (SSSR count). The second-order valence-corrected chi connectivity index (χ2v) is 4.15. The lowest BCUT2D eigenvalue weighted by Crippen LogP contribution is -2.27. The second kappa shape index (κ2) is 7.33. The van der Waals surface area contributed by atoms with Crippen molar-refractivity contribution >= 4 is 11.6 Å². The van der Waals surface area contributed by atoms with Crippen LogP contribution in [0.25, 0.3) is 0 Å². The van der Waals surface area contributed by atoms with Gasteiger partial charge in [-0.05, 0) is 38.4 Å². The van der Waals surface area contributed by atoms with Crippen LogP contribution in [0, 0.1) is 11.8 Å². The van der Waals surface area contributed by atoms with Gasteiger partial charge in [-0.25, -0.2) is 0 Å². The number of rotatable bonds is 5. The molecule has 1 aromatic carbocycles. The molecule has 0 spiro atoms. The molecule has 86 valence electrons. The SMILES string of the molecule is CC#CCCC(Cc1ccccc1Cl)NC. The first-order chi connectivity index (χ1) is 7.77. The van der Waals surface area contributed by atoms with Crippen LogP contribution >= 0.6 is 11.6 Å². The lowest BCUT2D eigenvalue weighted by atomic mass is 10.0. The molecular formula is C14H18ClN. The van der Waals surface area contributed by atoms with Gasteiger partial charge in [-0.15, -0.1) is 11.8 Å². The molecule has 0 saturated heterocycles. The minimum atomic E-state index is 0.445. The van der Waals surface area contributed by atoms with Gasteiger partial charge in [0.2, 0.25) is 0 Å². The normalized spacial score (nSPS) is 11.7. The topological polar surface area (TPSA) is 12.0 Å².